The molecule has 1 aliphatic rings. The van der Waals surface area contributed by atoms with E-state index in [1.165, 1.54) is 0 Å². The average Bonchev–Trinajstić information content (AvgIpc) is 2.18. The molecule has 1 fully saturated rings. The number of piperazine rings is 1. The molecule has 0 spiro atoms. The van der Waals surface area contributed by atoms with E-state index in [9.17, 15) is 8.42 Å². The van der Waals surface area contributed by atoms with Gasteiger partial charge in [0.25, 0.3) is 0 Å². The summed E-state index contributed by atoms with van der Waals surface area (Å²) >= 11 is 0. The van der Waals surface area contributed by atoms with Crippen molar-refractivity contribution in [2.75, 3.05) is 38.6 Å². The number of nitrogens with one attached hydrogen (secondary N) is 1. The van der Waals surface area contributed by atoms with E-state index in [0.29, 0.717) is 19.7 Å². The molecule has 1 atom stereocenters. The smallest absolute Gasteiger partial charge is 0.216 e. The molecule has 1 saturated heterocycles. The van der Waals surface area contributed by atoms with Crippen molar-refractivity contribution in [1.82, 2.24) is 9.62 Å². The summed E-state index contributed by atoms with van der Waals surface area (Å²) in [6.45, 7) is 6.57. The van der Waals surface area contributed by atoms with Crippen LogP contribution in [0.1, 0.15) is 13.8 Å². The fourth-order valence-electron chi connectivity index (χ4n) is 1.59. The number of nitrogens with zero attached hydrogens (tertiary/aromatic N) is 1. The summed E-state index contributed by atoms with van der Waals surface area (Å²) in [5.74, 6) is 0.0908. The van der Waals surface area contributed by atoms with E-state index in [4.69, 9.17) is 4.74 Å². The van der Waals surface area contributed by atoms with Gasteiger partial charge in [0.1, 0.15) is 0 Å². The Morgan fingerprint density at radius 3 is 2.87 bits per heavy atom. The Balaban J connectivity index is 2.45. The maximum absolute atomic E-state index is 11.8. The molecule has 0 aromatic carbocycles. The average molecular weight is 236 g/mol. The van der Waals surface area contributed by atoms with Crippen molar-refractivity contribution in [2.45, 2.75) is 19.9 Å². The third kappa shape index (κ3) is 4.06. The number of hydrogen-bond donors (Lipinski definition) is 1. The minimum Gasteiger partial charge on any atom is -0.381 e. The Kier molecular flexibility index (Phi) is 4.98. The van der Waals surface area contributed by atoms with E-state index >= 15 is 0 Å². The quantitative estimate of drug-likeness (QED) is 0.663. The second-order valence-electron chi connectivity index (χ2n) is 3.73. The number of rotatable bonds is 5. The highest BCUT2D eigenvalue weighted by molar-refractivity contribution is 7.89. The van der Waals surface area contributed by atoms with Crippen LogP contribution in [0, 0.1) is 0 Å². The van der Waals surface area contributed by atoms with Crippen LogP contribution in [0.5, 0.6) is 0 Å². The monoisotopic (exact) mass is 236 g/mol. The topological polar surface area (TPSA) is 58.6 Å². The minimum atomic E-state index is -3.12. The lowest BCUT2D eigenvalue weighted by molar-refractivity contribution is 0.162. The first kappa shape index (κ1) is 12.9. The van der Waals surface area contributed by atoms with E-state index in [1.54, 1.807) is 4.31 Å². The first-order valence-corrected chi connectivity index (χ1v) is 6.96. The van der Waals surface area contributed by atoms with Crippen LogP contribution in [-0.2, 0) is 14.8 Å². The molecule has 1 N–H and O–H groups in total. The van der Waals surface area contributed by atoms with Gasteiger partial charge in [-0.3, -0.25) is 0 Å². The van der Waals surface area contributed by atoms with Gasteiger partial charge in [-0.15, -0.1) is 0 Å². The zero-order valence-electron chi connectivity index (χ0n) is 9.40. The van der Waals surface area contributed by atoms with Crippen molar-refractivity contribution >= 4 is 10.0 Å². The van der Waals surface area contributed by atoms with Gasteiger partial charge in [-0.05, 0) is 13.8 Å². The Morgan fingerprint density at radius 2 is 2.27 bits per heavy atom. The Bertz CT molecular complexity index is 279. The van der Waals surface area contributed by atoms with E-state index in [1.807, 2.05) is 13.8 Å². The van der Waals surface area contributed by atoms with Crippen molar-refractivity contribution in [2.24, 2.45) is 0 Å². The SMILES string of the molecule is CCOCCS(=O)(=O)N1CCN[C@@H](C)C1. The maximum Gasteiger partial charge on any atom is 0.216 e. The van der Waals surface area contributed by atoms with Gasteiger partial charge in [0, 0.05) is 32.3 Å². The third-order valence-corrected chi connectivity index (χ3v) is 4.22. The normalized spacial score (nSPS) is 24.3. The zero-order chi connectivity index (χ0) is 11.3. The highest BCUT2D eigenvalue weighted by Gasteiger charge is 2.26. The van der Waals surface area contributed by atoms with E-state index in [2.05, 4.69) is 5.32 Å². The van der Waals surface area contributed by atoms with Crippen molar-refractivity contribution in [3.63, 3.8) is 0 Å². The molecule has 5 nitrogen and oxygen atoms in total. The largest absolute Gasteiger partial charge is 0.381 e. The van der Waals surface area contributed by atoms with Crippen LogP contribution in [0.15, 0.2) is 0 Å². The number of sulfonamides is 1. The number of hydrogen-bond acceptors (Lipinski definition) is 4. The first-order valence-electron chi connectivity index (χ1n) is 5.35. The highest BCUT2D eigenvalue weighted by atomic mass is 32.2. The Morgan fingerprint density at radius 1 is 1.53 bits per heavy atom. The van der Waals surface area contributed by atoms with Crippen LogP contribution in [0.2, 0.25) is 0 Å². The summed E-state index contributed by atoms with van der Waals surface area (Å²) in [5, 5.41) is 3.21. The lowest BCUT2D eigenvalue weighted by Crippen LogP contribution is -2.52. The van der Waals surface area contributed by atoms with Gasteiger partial charge in [0.05, 0.1) is 12.4 Å². The fourth-order valence-corrected chi connectivity index (χ4v) is 2.99. The van der Waals surface area contributed by atoms with E-state index in [-0.39, 0.29) is 18.4 Å². The summed E-state index contributed by atoms with van der Waals surface area (Å²) in [6.07, 6.45) is 0. The molecule has 1 aliphatic heterocycles. The summed E-state index contributed by atoms with van der Waals surface area (Å²) < 4.78 is 30.3. The maximum atomic E-state index is 11.8. The molecule has 90 valence electrons. The van der Waals surface area contributed by atoms with E-state index < -0.39 is 10.0 Å². The zero-order valence-corrected chi connectivity index (χ0v) is 10.2. The fraction of sp³-hybridized carbons (Fsp3) is 1.00. The van der Waals surface area contributed by atoms with Crippen LogP contribution < -0.4 is 5.32 Å². The van der Waals surface area contributed by atoms with Gasteiger partial charge in [0.2, 0.25) is 10.0 Å². The van der Waals surface area contributed by atoms with Gasteiger partial charge < -0.3 is 10.1 Å². The van der Waals surface area contributed by atoms with Crippen LogP contribution in [0.4, 0.5) is 0 Å². The molecule has 1 heterocycles. The van der Waals surface area contributed by atoms with E-state index in [0.717, 1.165) is 6.54 Å². The van der Waals surface area contributed by atoms with Crippen LogP contribution in [0.25, 0.3) is 0 Å². The highest BCUT2D eigenvalue weighted by Crippen LogP contribution is 2.06. The molecular formula is C9H20N2O3S. The van der Waals surface area contributed by atoms with Gasteiger partial charge in [-0.1, -0.05) is 0 Å². The van der Waals surface area contributed by atoms with Crippen molar-refractivity contribution in [1.29, 1.82) is 0 Å². The van der Waals surface area contributed by atoms with Crippen LogP contribution in [-0.4, -0.2) is 57.4 Å². The second-order valence-corrected chi connectivity index (χ2v) is 5.81. The van der Waals surface area contributed by atoms with Gasteiger partial charge in [-0.2, -0.15) is 4.31 Å². The van der Waals surface area contributed by atoms with Gasteiger partial charge >= 0.3 is 0 Å². The lowest BCUT2D eigenvalue weighted by atomic mass is 10.3. The summed E-state index contributed by atoms with van der Waals surface area (Å²) in [7, 11) is -3.12. The molecule has 0 aliphatic carbocycles. The Labute approximate surface area is 91.8 Å². The molecule has 0 radical (unpaired) electrons. The van der Waals surface area contributed by atoms with Crippen LogP contribution >= 0.6 is 0 Å². The van der Waals surface area contributed by atoms with Gasteiger partial charge in [-0.25, -0.2) is 8.42 Å². The summed E-state index contributed by atoms with van der Waals surface area (Å²) in [4.78, 5) is 0. The standard InChI is InChI=1S/C9H20N2O3S/c1-3-14-6-7-15(12,13)11-5-4-10-9(2)8-11/h9-10H,3-8H2,1-2H3/t9-/m0/s1. The molecule has 0 bridgehead atoms. The minimum absolute atomic E-state index is 0.0908. The van der Waals surface area contributed by atoms with Crippen molar-refractivity contribution in [3.8, 4) is 0 Å². The van der Waals surface area contributed by atoms with Crippen LogP contribution in [0.3, 0.4) is 0 Å². The molecule has 0 saturated carbocycles. The number of ether oxygens (including phenoxy) is 1. The van der Waals surface area contributed by atoms with Crippen molar-refractivity contribution in [3.05, 3.63) is 0 Å². The molecule has 0 aromatic rings. The molecule has 0 amide bonds. The third-order valence-electron chi connectivity index (χ3n) is 2.41. The molecule has 15 heavy (non-hydrogen) atoms. The lowest BCUT2D eigenvalue weighted by Gasteiger charge is -2.30. The van der Waals surface area contributed by atoms with Gasteiger partial charge in [0.15, 0.2) is 0 Å². The first-order chi connectivity index (χ1) is 7.06. The molecule has 0 aromatic heterocycles. The molecule has 0 unspecified atom stereocenters. The summed E-state index contributed by atoms with van der Waals surface area (Å²) in [5.41, 5.74) is 0. The molecule has 1 rings (SSSR count). The second kappa shape index (κ2) is 5.79. The molecular weight excluding hydrogens is 216 g/mol. The Hall–Kier alpha value is -0.170. The predicted octanol–water partition coefficient (Wildman–Crippen LogP) is -0.354. The molecule has 6 heteroatoms. The predicted molar refractivity (Wildman–Crippen MR) is 59.3 cm³/mol. The van der Waals surface area contributed by atoms with Crippen molar-refractivity contribution < 1.29 is 13.2 Å². The summed E-state index contributed by atoms with van der Waals surface area (Å²) in [6, 6.07) is 0.237.